The summed E-state index contributed by atoms with van der Waals surface area (Å²) in [6.07, 6.45) is 3.32. The molecule has 1 amide bonds. The first-order valence-electron chi connectivity index (χ1n) is 13.2. The normalized spacial score (nSPS) is 15.7. The Morgan fingerprint density at radius 2 is 1.71 bits per heavy atom. The summed E-state index contributed by atoms with van der Waals surface area (Å²) in [5.41, 5.74) is 15.5. The number of hydrogen-bond donors (Lipinski definition) is 3. The molecule has 5 N–H and O–H groups in total. The van der Waals surface area contributed by atoms with Gasteiger partial charge in [-0.25, -0.2) is 8.93 Å². The second-order valence-corrected chi connectivity index (χ2v) is 11.0. The Balaban J connectivity index is 1.53. The van der Waals surface area contributed by atoms with Crippen LogP contribution in [0.4, 0.5) is 0 Å². The highest BCUT2D eigenvalue weighted by molar-refractivity contribution is 7.83. The lowest BCUT2D eigenvalue weighted by molar-refractivity contribution is -0.134. The zero-order chi connectivity index (χ0) is 26.9. The van der Waals surface area contributed by atoms with Crippen LogP contribution in [0, 0.1) is 5.92 Å². The predicted molar refractivity (Wildman–Crippen MR) is 153 cm³/mol. The van der Waals surface area contributed by atoms with Crippen molar-refractivity contribution in [2.45, 2.75) is 43.2 Å². The van der Waals surface area contributed by atoms with Crippen LogP contribution >= 0.6 is 0 Å². The van der Waals surface area contributed by atoms with E-state index in [0.29, 0.717) is 43.4 Å². The lowest BCUT2D eigenvalue weighted by atomic mass is 9.93. The molecule has 0 aromatic heterocycles. The molecule has 1 saturated heterocycles. The van der Waals surface area contributed by atoms with Crippen LogP contribution in [0.5, 0.6) is 5.75 Å². The van der Waals surface area contributed by atoms with Gasteiger partial charge >= 0.3 is 0 Å². The Morgan fingerprint density at radius 3 is 2.39 bits per heavy atom. The zero-order valence-corrected chi connectivity index (χ0v) is 22.8. The molecule has 0 aliphatic carbocycles. The third-order valence-corrected chi connectivity index (χ3v) is 8.37. The highest BCUT2D eigenvalue weighted by Crippen LogP contribution is 2.25. The summed E-state index contributed by atoms with van der Waals surface area (Å²) >= 11 is 0. The van der Waals surface area contributed by atoms with Crippen LogP contribution in [-0.4, -0.2) is 47.8 Å². The van der Waals surface area contributed by atoms with E-state index in [-0.39, 0.29) is 5.91 Å². The number of benzene rings is 3. The Morgan fingerprint density at radius 1 is 1.00 bits per heavy atom. The molecule has 1 aliphatic heterocycles. The summed E-state index contributed by atoms with van der Waals surface area (Å²) in [7, 11) is 0.0529. The van der Waals surface area contributed by atoms with Crippen molar-refractivity contribution in [1.29, 1.82) is 0 Å². The Hall–Kier alpha value is -3.04. The summed E-state index contributed by atoms with van der Waals surface area (Å²) in [5, 5.41) is 0. The van der Waals surface area contributed by atoms with E-state index < -0.39 is 17.0 Å². The standard InChI is InChI=1S/C30H38N4O3S/c1-37-27-10-8-25(9-11-27)26-6-3-7-28(20-26)38(36)33-29(19-23-4-2-5-24(18-23)21-32)30(35)34-16-13-22(12-15-31)14-17-34/h2-11,18,20,22,29,33H,12-17,19,21,31-32H2,1H3. The molecule has 0 saturated carbocycles. The van der Waals surface area contributed by atoms with Crippen molar-refractivity contribution in [3.63, 3.8) is 0 Å². The Labute approximate surface area is 228 Å². The van der Waals surface area contributed by atoms with E-state index in [0.717, 1.165) is 47.3 Å². The average molecular weight is 535 g/mol. The molecule has 3 aromatic carbocycles. The summed E-state index contributed by atoms with van der Waals surface area (Å²) in [6, 6.07) is 22.6. The van der Waals surface area contributed by atoms with Gasteiger partial charge < -0.3 is 21.1 Å². The van der Waals surface area contributed by atoms with Crippen molar-refractivity contribution in [3.8, 4) is 16.9 Å². The Kier molecular flexibility index (Phi) is 10.1. The van der Waals surface area contributed by atoms with Gasteiger partial charge in [0.25, 0.3) is 0 Å². The molecule has 38 heavy (non-hydrogen) atoms. The second kappa shape index (κ2) is 13.7. The number of piperidine rings is 1. The molecule has 1 fully saturated rings. The molecule has 1 heterocycles. The van der Waals surface area contributed by atoms with E-state index in [4.69, 9.17) is 16.2 Å². The Bertz CT molecular complexity index is 1230. The van der Waals surface area contributed by atoms with Gasteiger partial charge in [-0.05, 0) is 84.7 Å². The summed E-state index contributed by atoms with van der Waals surface area (Å²) in [4.78, 5) is 16.2. The number of rotatable bonds is 11. The summed E-state index contributed by atoms with van der Waals surface area (Å²) < 4.78 is 22.0. The van der Waals surface area contributed by atoms with Gasteiger partial charge in [-0.15, -0.1) is 0 Å². The number of hydrogen-bond acceptors (Lipinski definition) is 5. The van der Waals surface area contributed by atoms with Gasteiger partial charge in [0.15, 0.2) is 0 Å². The maximum absolute atomic E-state index is 13.7. The average Bonchev–Trinajstić information content (AvgIpc) is 2.97. The van der Waals surface area contributed by atoms with Gasteiger partial charge in [-0.3, -0.25) is 4.79 Å². The fraction of sp³-hybridized carbons (Fsp3) is 0.367. The number of nitrogens with two attached hydrogens (primary N) is 2. The number of likely N-dealkylation sites (tertiary alicyclic amines) is 1. The molecule has 0 radical (unpaired) electrons. The lowest BCUT2D eigenvalue weighted by Gasteiger charge is -2.34. The molecule has 3 aromatic rings. The summed E-state index contributed by atoms with van der Waals surface area (Å²) in [6.45, 7) is 2.50. The van der Waals surface area contributed by atoms with Crippen molar-refractivity contribution in [2.24, 2.45) is 17.4 Å². The van der Waals surface area contributed by atoms with Gasteiger partial charge in [0.05, 0.1) is 12.0 Å². The van der Waals surface area contributed by atoms with Crippen molar-refractivity contribution in [2.75, 3.05) is 26.7 Å². The first-order valence-corrected chi connectivity index (χ1v) is 14.3. The van der Waals surface area contributed by atoms with Gasteiger partial charge in [0.2, 0.25) is 5.91 Å². The van der Waals surface area contributed by atoms with Gasteiger partial charge in [-0.2, -0.15) is 0 Å². The van der Waals surface area contributed by atoms with Crippen LogP contribution < -0.4 is 20.9 Å². The minimum atomic E-state index is -1.58. The highest BCUT2D eigenvalue weighted by atomic mass is 32.2. The van der Waals surface area contributed by atoms with Crippen LogP contribution in [-0.2, 0) is 28.7 Å². The van der Waals surface area contributed by atoms with Gasteiger partial charge in [-0.1, -0.05) is 48.5 Å². The highest BCUT2D eigenvalue weighted by Gasteiger charge is 2.29. The molecule has 202 valence electrons. The van der Waals surface area contributed by atoms with Crippen LogP contribution in [0.2, 0.25) is 0 Å². The topological polar surface area (TPSA) is 111 Å². The number of nitrogens with one attached hydrogen (secondary N) is 1. The maximum atomic E-state index is 13.7. The van der Waals surface area contributed by atoms with Crippen LogP contribution in [0.25, 0.3) is 11.1 Å². The number of amides is 1. The van der Waals surface area contributed by atoms with Gasteiger partial charge in [0.1, 0.15) is 22.8 Å². The van der Waals surface area contributed by atoms with E-state index in [2.05, 4.69) is 4.72 Å². The molecule has 4 rings (SSSR count). The SMILES string of the molecule is COc1ccc(-c2cccc(S(=O)NC(Cc3cccc(CN)c3)C(=O)N3CCC(CCN)CC3)c2)cc1. The third-order valence-electron chi connectivity index (χ3n) is 7.19. The van der Waals surface area contributed by atoms with E-state index >= 15 is 0 Å². The van der Waals surface area contributed by atoms with E-state index in [1.54, 1.807) is 7.11 Å². The zero-order valence-electron chi connectivity index (χ0n) is 22.0. The molecule has 2 unspecified atom stereocenters. The first-order chi connectivity index (χ1) is 18.5. The van der Waals surface area contributed by atoms with Crippen LogP contribution in [0.3, 0.4) is 0 Å². The quantitative estimate of drug-likeness (QED) is 0.348. The van der Waals surface area contributed by atoms with Crippen LogP contribution in [0.15, 0.2) is 77.7 Å². The fourth-order valence-corrected chi connectivity index (χ4v) is 5.98. The molecule has 7 nitrogen and oxygen atoms in total. The third kappa shape index (κ3) is 7.29. The molecule has 2 atom stereocenters. The first kappa shape index (κ1) is 28.0. The number of carbonyl (C=O) groups is 1. The van der Waals surface area contributed by atoms with Crippen molar-refractivity contribution >= 4 is 16.9 Å². The molecule has 8 heteroatoms. The minimum Gasteiger partial charge on any atom is -0.497 e. The van der Waals surface area contributed by atoms with Crippen molar-refractivity contribution < 1.29 is 13.7 Å². The van der Waals surface area contributed by atoms with Crippen molar-refractivity contribution in [3.05, 3.63) is 83.9 Å². The van der Waals surface area contributed by atoms with Gasteiger partial charge in [0, 0.05) is 19.6 Å². The smallest absolute Gasteiger partial charge is 0.241 e. The molecule has 0 spiro atoms. The molecular weight excluding hydrogens is 496 g/mol. The van der Waals surface area contributed by atoms with Crippen LogP contribution in [0.1, 0.15) is 30.4 Å². The number of methoxy groups -OCH3 is 1. The molecule has 1 aliphatic rings. The number of carbonyl (C=O) groups excluding carboxylic acids is 1. The monoisotopic (exact) mass is 534 g/mol. The fourth-order valence-electron chi connectivity index (χ4n) is 4.97. The predicted octanol–water partition coefficient (Wildman–Crippen LogP) is 3.63. The largest absolute Gasteiger partial charge is 0.497 e. The minimum absolute atomic E-state index is 0.0194. The number of ether oxygens (including phenoxy) is 1. The second-order valence-electron chi connectivity index (χ2n) is 9.77. The van der Waals surface area contributed by atoms with E-state index in [1.165, 1.54) is 0 Å². The molecular formula is C30H38N4O3S. The molecule has 0 bridgehead atoms. The van der Waals surface area contributed by atoms with E-state index in [9.17, 15) is 9.00 Å². The summed E-state index contributed by atoms with van der Waals surface area (Å²) in [5.74, 6) is 1.32. The number of nitrogens with zero attached hydrogens (tertiary/aromatic N) is 1. The van der Waals surface area contributed by atoms with Crippen molar-refractivity contribution in [1.82, 2.24) is 9.62 Å². The van der Waals surface area contributed by atoms with E-state index in [1.807, 2.05) is 77.7 Å². The lowest BCUT2D eigenvalue weighted by Crippen LogP contribution is -2.50. The maximum Gasteiger partial charge on any atom is 0.241 e.